The summed E-state index contributed by atoms with van der Waals surface area (Å²) in [6.45, 7) is 0. The highest BCUT2D eigenvalue weighted by Crippen LogP contribution is 2.33. The minimum atomic E-state index is -4.68. The standard InChI is InChI=1S/C11H7F3N2O2/c12-11(13,14)7-4-9(17)16-8-2-1-5(10(15)18)3-6(7)8/h1-4H,(H2,15,18)(H,16,17). The Hall–Kier alpha value is -2.31. The molecular weight excluding hydrogens is 249 g/mol. The van der Waals surface area contributed by atoms with Gasteiger partial charge in [-0.3, -0.25) is 9.59 Å². The molecule has 0 bridgehead atoms. The summed E-state index contributed by atoms with van der Waals surface area (Å²) in [5.74, 6) is -0.837. The number of benzene rings is 1. The molecule has 0 aliphatic carbocycles. The van der Waals surface area contributed by atoms with E-state index in [0.29, 0.717) is 6.07 Å². The lowest BCUT2D eigenvalue weighted by Crippen LogP contribution is -2.15. The molecular formula is C11H7F3N2O2. The molecule has 94 valence electrons. The highest BCUT2D eigenvalue weighted by molar-refractivity contribution is 5.97. The zero-order valence-electron chi connectivity index (χ0n) is 8.84. The Morgan fingerprint density at radius 2 is 1.89 bits per heavy atom. The first kappa shape index (κ1) is 12.2. The van der Waals surface area contributed by atoms with Crippen molar-refractivity contribution < 1.29 is 18.0 Å². The van der Waals surface area contributed by atoms with Crippen LogP contribution in [-0.4, -0.2) is 10.9 Å². The highest BCUT2D eigenvalue weighted by atomic mass is 19.4. The summed E-state index contributed by atoms with van der Waals surface area (Å²) in [7, 11) is 0. The fourth-order valence-corrected chi connectivity index (χ4v) is 1.64. The molecule has 18 heavy (non-hydrogen) atoms. The lowest BCUT2D eigenvalue weighted by molar-refractivity contribution is -0.136. The maximum Gasteiger partial charge on any atom is 0.417 e. The van der Waals surface area contributed by atoms with Crippen molar-refractivity contribution in [1.29, 1.82) is 0 Å². The zero-order chi connectivity index (χ0) is 13.5. The smallest absolute Gasteiger partial charge is 0.366 e. The first-order chi connectivity index (χ1) is 8.29. The Morgan fingerprint density at radius 3 is 2.44 bits per heavy atom. The molecule has 1 aromatic carbocycles. The number of alkyl halides is 3. The van der Waals surface area contributed by atoms with Crippen molar-refractivity contribution in [3.8, 4) is 0 Å². The van der Waals surface area contributed by atoms with Gasteiger partial charge in [0.25, 0.3) is 0 Å². The molecule has 4 nitrogen and oxygen atoms in total. The number of halogens is 3. The average Bonchev–Trinajstić information content (AvgIpc) is 2.25. The van der Waals surface area contributed by atoms with E-state index in [1.807, 2.05) is 0 Å². The van der Waals surface area contributed by atoms with Gasteiger partial charge in [-0.15, -0.1) is 0 Å². The van der Waals surface area contributed by atoms with E-state index in [4.69, 9.17) is 5.73 Å². The molecule has 0 saturated carbocycles. The van der Waals surface area contributed by atoms with Gasteiger partial charge in [-0.1, -0.05) is 0 Å². The average molecular weight is 256 g/mol. The van der Waals surface area contributed by atoms with Crippen LogP contribution in [0.1, 0.15) is 15.9 Å². The van der Waals surface area contributed by atoms with E-state index in [2.05, 4.69) is 4.98 Å². The summed E-state index contributed by atoms with van der Waals surface area (Å²) in [4.78, 5) is 24.3. The molecule has 7 heteroatoms. The van der Waals surface area contributed by atoms with E-state index in [-0.39, 0.29) is 16.5 Å². The number of carbonyl (C=O) groups excluding carboxylic acids is 1. The Bertz CT molecular complexity index is 689. The summed E-state index contributed by atoms with van der Waals surface area (Å²) in [6, 6.07) is 3.93. The highest BCUT2D eigenvalue weighted by Gasteiger charge is 2.33. The summed E-state index contributed by atoms with van der Waals surface area (Å²) in [5.41, 5.74) is 2.99. The van der Waals surface area contributed by atoms with E-state index < -0.39 is 23.2 Å². The minimum absolute atomic E-state index is 0.000162. The van der Waals surface area contributed by atoms with Crippen molar-refractivity contribution in [2.45, 2.75) is 6.18 Å². The molecule has 3 N–H and O–H groups in total. The van der Waals surface area contributed by atoms with Crippen LogP contribution in [0.4, 0.5) is 13.2 Å². The van der Waals surface area contributed by atoms with E-state index in [0.717, 1.165) is 6.07 Å². The third-order valence-electron chi connectivity index (χ3n) is 2.43. The molecule has 0 fully saturated rings. The number of primary amides is 1. The monoisotopic (exact) mass is 256 g/mol. The molecule has 2 aromatic rings. The van der Waals surface area contributed by atoms with Crippen LogP contribution in [0.25, 0.3) is 10.9 Å². The van der Waals surface area contributed by atoms with Gasteiger partial charge >= 0.3 is 6.18 Å². The van der Waals surface area contributed by atoms with Crippen LogP contribution in [0.2, 0.25) is 0 Å². The van der Waals surface area contributed by atoms with E-state index in [1.165, 1.54) is 12.1 Å². The maximum absolute atomic E-state index is 12.8. The molecule has 0 radical (unpaired) electrons. The molecule has 2 rings (SSSR count). The van der Waals surface area contributed by atoms with Gasteiger partial charge in [0, 0.05) is 22.5 Å². The van der Waals surface area contributed by atoms with Gasteiger partial charge in [-0.2, -0.15) is 13.2 Å². The first-order valence-corrected chi connectivity index (χ1v) is 4.83. The Morgan fingerprint density at radius 1 is 1.22 bits per heavy atom. The molecule has 1 amide bonds. The van der Waals surface area contributed by atoms with E-state index >= 15 is 0 Å². The number of amides is 1. The predicted molar refractivity (Wildman–Crippen MR) is 58.1 cm³/mol. The number of aromatic amines is 1. The van der Waals surface area contributed by atoms with Crippen molar-refractivity contribution in [1.82, 2.24) is 4.98 Å². The Kier molecular flexibility index (Phi) is 2.61. The van der Waals surface area contributed by atoms with Crippen LogP contribution in [0, 0.1) is 0 Å². The molecule has 1 heterocycles. The van der Waals surface area contributed by atoms with Gasteiger partial charge in [0.15, 0.2) is 0 Å². The van der Waals surface area contributed by atoms with Crippen LogP contribution in [0.15, 0.2) is 29.1 Å². The maximum atomic E-state index is 12.8. The lowest BCUT2D eigenvalue weighted by atomic mass is 10.1. The molecule has 0 aliphatic rings. The number of nitrogens with two attached hydrogens (primary N) is 1. The number of hydrogen-bond donors (Lipinski definition) is 2. The van der Waals surface area contributed by atoms with E-state index in [9.17, 15) is 22.8 Å². The second-order valence-corrected chi connectivity index (χ2v) is 3.67. The van der Waals surface area contributed by atoms with Crippen molar-refractivity contribution in [2.24, 2.45) is 5.73 Å². The largest absolute Gasteiger partial charge is 0.417 e. The third kappa shape index (κ3) is 2.06. The van der Waals surface area contributed by atoms with Crippen LogP contribution in [0.5, 0.6) is 0 Å². The summed E-state index contributed by atoms with van der Waals surface area (Å²) in [5, 5.41) is -0.265. The van der Waals surface area contributed by atoms with Crippen LogP contribution < -0.4 is 11.3 Å². The number of aromatic nitrogens is 1. The number of carbonyl (C=O) groups is 1. The number of nitrogens with one attached hydrogen (secondary N) is 1. The van der Waals surface area contributed by atoms with Gasteiger partial charge in [0.05, 0.1) is 5.56 Å². The Labute approximate surface area is 98.2 Å². The van der Waals surface area contributed by atoms with E-state index in [1.54, 1.807) is 0 Å². The quantitative estimate of drug-likeness (QED) is 0.813. The molecule has 1 aromatic heterocycles. The molecule has 0 unspecified atom stereocenters. The molecule has 0 saturated heterocycles. The molecule has 0 atom stereocenters. The molecule has 0 aliphatic heterocycles. The summed E-state index contributed by atoms with van der Waals surface area (Å²) < 4.78 is 38.3. The zero-order valence-corrected chi connectivity index (χ0v) is 8.84. The topological polar surface area (TPSA) is 76.0 Å². The van der Waals surface area contributed by atoms with Gasteiger partial charge in [0.1, 0.15) is 0 Å². The number of pyridine rings is 1. The van der Waals surface area contributed by atoms with Gasteiger partial charge in [-0.25, -0.2) is 0 Å². The SMILES string of the molecule is NC(=O)c1ccc2[nH]c(=O)cc(C(F)(F)F)c2c1. The fourth-order valence-electron chi connectivity index (χ4n) is 1.64. The lowest BCUT2D eigenvalue weighted by Gasteiger charge is -2.10. The van der Waals surface area contributed by atoms with Crippen LogP contribution in [0.3, 0.4) is 0 Å². The van der Waals surface area contributed by atoms with Crippen LogP contribution >= 0.6 is 0 Å². The van der Waals surface area contributed by atoms with Crippen molar-refractivity contribution in [3.05, 3.63) is 45.7 Å². The summed E-state index contributed by atoms with van der Waals surface area (Å²) in [6.07, 6.45) is -4.68. The number of hydrogen-bond acceptors (Lipinski definition) is 2. The number of fused-ring (bicyclic) bond motifs is 1. The normalized spacial score (nSPS) is 11.7. The van der Waals surface area contributed by atoms with Crippen molar-refractivity contribution in [2.75, 3.05) is 0 Å². The van der Waals surface area contributed by atoms with Gasteiger partial charge in [0.2, 0.25) is 11.5 Å². The second-order valence-electron chi connectivity index (χ2n) is 3.67. The third-order valence-corrected chi connectivity index (χ3v) is 2.43. The van der Waals surface area contributed by atoms with Crippen LogP contribution in [-0.2, 0) is 6.18 Å². The van der Waals surface area contributed by atoms with Gasteiger partial charge in [-0.05, 0) is 18.2 Å². The fraction of sp³-hybridized carbons (Fsp3) is 0.0909. The second kappa shape index (κ2) is 3.86. The Balaban J connectivity index is 2.87. The van der Waals surface area contributed by atoms with Crippen molar-refractivity contribution >= 4 is 16.8 Å². The molecule has 0 spiro atoms. The number of H-pyrrole nitrogens is 1. The predicted octanol–water partition coefficient (Wildman–Crippen LogP) is 1.65. The van der Waals surface area contributed by atoms with Crippen molar-refractivity contribution in [3.63, 3.8) is 0 Å². The number of rotatable bonds is 1. The first-order valence-electron chi connectivity index (χ1n) is 4.83. The van der Waals surface area contributed by atoms with Gasteiger partial charge < -0.3 is 10.7 Å². The minimum Gasteiger partial charge on any atom is -0.366 e. The summed E-state index contributed by atoms with van der Waals surface area (Å²) >= 11 is 0.